The van der Waals surface area contributed by atoms with E-state index in [0.717, 1.165) is 33.1 Å². The van der Waals surface area contributed by atoms with Crippen LogP contribution in [0.3, 0.4) is 0 Å². The molecule has 0 spiro atoms. The number of esters is 2. The number of aryl methyl sites for hydroxylation is 1. The van der Waals surface area contributed by atoms with Gasteiger partial charge in [-0.2, -0.15) is 0 Å². The van der Waals surface area contributed by atoms with Crippen LogP contribution in [0.25, 0.3) is 22.3 Å². The van der Waals surface area contributed by atoms with Crippen molar-refractivity contribution in [3.05, 3.63) is 77.4 Å². The molecule has 0 aliphatic rings. The Morgan fingerprint density at radius 2 is 1.11 bits per heavy atom. The molecule has 0 radical (unpaired) electrons. The van der Waals surface area contributed by atoms with Crippen molar-refractivity contribution in [2.45, 2.75) is 6.92 Å². The van der Waals surface area contributed by atoms with Gasteiger partial charge in [-0.15, -0.1) is 9.24 Å². The summed E-state index contributed by atoms with van der Waals surface area (Å²) in [7, 11) is 5.51. The average Bonchev–Trinajstić information content (AvgIpc) is 2.74. The number of rotatable bonds is 4. The van der Waals surface area contributed by atoms with Gasteiger partial charge in [0.1, 0.15) is 0 Å². The third kappa shape index (κ3) is 3.83. The van der Waals surface area contributed by atoms with Crippen LogP contribution in [0.5, 0.6) is 0 Å². The van der Waals surface area contributed by atoms with Crippen molar-refractivity contribution in [3.63, 3.8) is 0 Å². The lowest BCUT2D eigenvalue weighted by atomic mass is 9.90. The molecule has 0 aromatic heterocycles. The number of hydrogen-bond acceptors (Lipinski definition) is 4. The Balaban J connectivity index is 2.12. The SMILES string of the molecule is COC(=O)c1ccc(-c2c(C)ccc(P)c2-c2ccc(C(=O)OC)cc2)cc1. The van der Waals surface area contributed by atoms with Crippen LogP contribution in [0.4, 0.5) is 0 Å². The van der Waals surface area contributed by atoms with Gasteiger partial charge in [0.15, 0.2) is 0 Å². The van der Waals surface area contributed by atoms with Gasteiger partial charge in [-0.1, -0.05) is 36.4 Å². The molecule has 0 heterocycles. The molecule has 3 aromatic carbocycles. The molecule has 1 unspecified atom stereocenters. The molecule has 3 rings (SSSR count). The lowest BCUT2D eigenvalue weighted by Gasteiger charge is -2.17. The van der Waals surface area contributed by atoms with E-state index in [2.05, 4.69) is 28.3 Å². The fourth-order valence-electron chi connectivity index (χ4n) is 3.19. The van der Waals surface area contributed by atoms with Crippen molar-refractivity contribution < 1.29 is 19.1 Å². The summed E-state index contributed by atoms with van der Waals surface area (Å²) >= 11 is 0. The first kappa shape index (κ1) is 19.8. The Labute approximate surface area is 166 Å². The molecule has 0 bridgehead atoms. The third-order valence-electron chi connectivity index (χ3n) is 4.64. The molecule has 28 heavy (non-hydrogen) atoms. The standard InChI is InChI=1S/C23H21O4P/c1-14-4-13-19(28)21(16-7-11-18(12-8-16)23(25)27-3)20(14)15-5-9-17(10-6-15)22(24)26-2/h4-13H,28H2,1-3H3. The molecule has 0 N–H and O–H groups in total. The monoisotopic (exact) mass is 392 g/mol. The molecule has 0 amide bonds. The van der Waals surface area contributed by atoms with E-state index in [-0.39, 0.29) is 11.9 Å². The average molecular weight is 392 g/mol. The van der Waals surface area contributed by atoms with E-state index in [0.29, 0.717) is 11.1 Å². The van der Waals surface area contributed by atoms with Gasteiger partial charge in [-0.05, 0) is 64.3 Å². The highest BCUT2D eigenvalue weighted by Gasteiger charge is 2.15. The molecule has 3 aromatic rings. The fourth-order valence-corrected chi connectivity index (χ4v) is 3.59. The Hall–Kier alpha value is -2.97. The summed E-state index contributed by atoms with van der Waals surface area (Å²) in [5.74, 6) is -0.720. The predicted octanol–water partition coefficient (Wildman–Crippen LogP) is 4.40. The molecule has 0 saturated heterocycles. The number of carbonyl (C=O) groups is 2. The van der Waals surface area contributed by atoms with Gasteiger partial charge >= 0.3 is 11.9 Å². The predicted molar refractivity (Wildman–Crippen MR) is 114 cm³/mol. The zero-order chi connectivity index (χ0) is 20.3. The maximum Gasteiger partial charge on any atom is 0.337 e. The van der Waals surface area contributed by atoms with E-state index < -0.39 is 0 Å². The lowest BCUT2D eigenvalue weighted by Crippen LogP contribution is -2.04. The quantitative estimate of drug-likeness (QED) is 0.488. The van der Waals surface area contributed by atoms with Crippen LogP contribution in [0.2, 0.25) is 0 Å². The van der Waals surface area contributed by atoms with Gasteiger partial charge in [0.05, 0.1) is 25.3 Å². The molecular formula is C23H21O4P. The number of benzene rings is 3. The maximum atomic E-state index is 11.7. The molecule has 4 nitrogen and oxygen atoms in total. The summed E-state index contributed by atoms with van der Waals surface area (Å²) in [4.78, 5) is 23.4. The van der Waals surface area contributed by atoms with Crippen LogP contribution in [-0.2, 0) is 9.47 Å². The van der Waals surface area contributed by atoms with Gasteiger partial charge in [0, 0.05) is 0 Å². The van der Waals surface area contributed by atoms with E-state index >= 15 is 0 Å². The summed E-state index contributed by atoms with van der Waals surface area (Å²) < 4.78 is 9.55. The van der Waals surface area contributed by atoms with Crippen LogP contribution in [0.1, 0.15) is 26.3 Å². The Bertz CT molecular complexity index is 937. The molecule has 0 saturated carbocycles. The van der Waals surface area contributed by atoms with Crippen molar-refractivity contribution in [2.24, 2.45) is 0 Å². The summed E-state index contributed by atoms with van der Waals surface area (Å²) in [5.41, 5.74) is 6.27. The van der Waals surface area contributed by atoms with Gasteiger partial charge in [-0.25, -0.2) is 9.59 Å². The Morgan fingerprint density at radius 1 is 0.679 bits per heavy atom. The molecule has 0 fully saturated rings. The van der Waals surface area contributed by atoms with Gasteiger partial charge in [0.25, 0.3) is 0 Å². The van der Waals surface area contributed by atoms with Gasteiger partial charge in [-0.3, -0.25) is 0 Å². The minimum Gasteiger partial charge on any atom is -0.465 e. The van der Waals surface area contributed by atoms with Crippen LogP contribution >= 0.6 is 9.24 Å². The highest BCUT2D eigenvalue weighted by atomic mass is 31.0. The van der Waals surface area contributed by atoms with Crippen molar-refractivity contribution in [2.75, 3.05) is 14.2 Å². The van der Waals surface area contributed by atoms with Crippen LogP contribution < -0.4 is 5.30 Å². The zero-order valence-corrected chi connectivity index (χ0v) is 17.1. The summed E-state index contributed by atoms with van der Waals surface area (Å²) in [6, 6.07) is 18.8. The van der Waals surface area contributed by atoms with Gasteiger partial charge < -0.3 is 9.47 Å². The third-order valence-corrected chi connectivity index (χ3v) is 5.12. The van der Waals surface area contributed by atoms with E-state index in [1.165, 1.54) is 14.2 Å². The van der Waals surface area contributed by atoms with Crippen molar-refractivity contribution in [1.29, 1.82) is 0 Å². The first-order chi connectivity index (χ1) is 13.5. The first-order valence-electron chi connectivity index (χ1n) is 8.73. The van der Waals surface area contributed by atoms with Crippen molar-refractivity contribution in [1.82, 2.24) is 0 Å². The molecule has 0 aliphatic heterocycles. The van der Waals surface area contributed by atoms with E-state index in [9.17, 15) is 9.59 Å². The highest BCUT2D eigenvalue weighted by Crippen LogP contribution is 2.35. The van der Waals surface area contributed by atoms with Gasteiger partial charge in [0.2, 0.25) is 0 Å². The maximum absolute atomic E-state index is 11.7. The minimum absolute atomic E-state index is 0.360. The molecule has 1 atom stereocenters. The van der Waals surface area contributed by atoms with Crippen LogP contribution in [0, 0.1) is 6.92 Å². The first-order valence-corrected chi connectivity index (χ1v) is 9.30. The second kappa shape index (κ2) is 8.37. The number of carbonyl (C=O) groups excluding carboxylic acids is 2. The number of methoxy groups -OCH3 is 2. The summed E-state index contributed by atoms with van der Waals surface area (Å²) in [6.45, 7) is 2.06. The minimum atomic E-state index is -0.361. The molecular weight excluding hydrogens is 371 g/mol. The topological polar surface area (TPSA) is 52.6 Å². The second-order valence-corrected chi connectivity index (χ2v) is 6.98. The fraction of sp³-hybridized carbons (Fsp3) is 0.130. The number of hydrogen-bond donors (Lipinski definition) is 0. The van der Waals surface area contributed by atoms with Crippen molar-refractivity contribution in [3.8, 4) is 22.3 Å². The summed E-state index contributed by atoms with van der Waals surface area (Å²) in [5, 5.41) is 1.04. The Morgan fingerprint density at radius 3 is 1.54 bits per heavy atom. The smallest absolute Gasteiger partial charge is 0.337 e. The number of ether oxygens (including phenoxy) is 2. The second-order valence-electron chi connectivity index (χ2n) is 6.36. The lowest BCUT2D eigenvalue weighted by molar-refractivity contribution is 0.0592. The molecule has 0 aliphatic carbocycles. The van der Waals surface area contributed by atoms with Crippen molar-refractivity contribution >= 4 is 26.5 Å². The highest BCUT2D eigenvalue weighted by molar-refractivity contribution is 7.28. The Kier molecular flexibility index (Phi) is 5.91. The molecule has 142 valence electrons. The van der Waals surface area contributed by atoms with Crippen LogP contribution in [0.15, 0.2) is 60.7 Å². The molecule has 5 heteroatoms. The summed E-state index contributed by atoms with van der Waals surface area (Å²) in [6.07, 6.45) is 0. The normalized spacial score (nSPS) is 10.4. The van der Waals surface area contributed by atoms with E-state index in [4.69, 9.17) is 9.47 Å². The largest absolute Gasteiger partial charge is 0.465 e. The van der Waals surface area contributed by atoms with Crippen LogP contribution in [-0.4, -0.2) is 26.2 Å². The van der Waals surface area contributed by atoms with E-state index in [1.54, 1.807) is 24.3 Å². The zero-order valence-electron chi connectivity index (χ0n) is 16.0. The van der Waals surface area contributed by atoms with E-state index in [1.807, 2.05) is 24.3 Å².